The standard InChI is InChI=1S/C19H17N3O2S/c1-10-4-6-13(7-5-10)8-15(23)14(9-20)17-21-18(24)16-11(2)12(3)25-19(16)22-17/h4-7,14H,8H2,1-3H3,(H,21,22,24). The van der Waals surface area contributed by atoms with Gasteiger partial charge in [0.2, 0.25) is 0 Å². The van der Waals surface area contributed by atoms with Crippen molar-refractivity contribution in [2.75, 3.05) is 0 Å². The van der Waals surface area contributed by atoms with Gasteiger partial charge in [-0.3, -0.25) is 9.59 Å². The number of fused-ring (bicyclic) bond motifs is 1. The van der Waals surface area contributed by atoms with E-state index in [0.717, 1.165) is 21.6 Å². The molecular formula is C19H17N3O2S. The first-order valence-electron chi connectivity index (χ1n) is 7.88. The van der Waals surface area contributed by atoms with Crippen LogP contribution >= 0.6 is 11.3 Å². The number of nitrogens with zero attached hydrogens (tertiary/aromatic N) is 2. The number of aryl methyl sites for hydroxylation is 3. The molecule has 1 aromatic carbocycles. The molecule has 0 aliphatic carbocycles. The summed E-state index contributed by atoms with van der Waals surface area (Å²) in [5.41, 5.74) is 2.53. The summed E-state index contributed by atoms with van der Waals surface area (Å²) < 4.78 is 0. The van der Waals surface area contributed by atoms with Gasteiger partial charge >= 0.3 is 0 Å². The monoisotopic (exact) mass is 351 g/mol. The van der Waals surface area contributed by atoms with E-state index in [1.165, 1.54) is 11.3 Å². The normalized spacial score (nSPS) is 12.1. The van der Waals surface area contributed by atoms with E-state index in [4.69, 9.17) is 0 Å². The number of nitrogens with one attached hydrogen (secondary N) is 1. The van der Waals surface area contributed by atoms with E-state index in [1.807, 2.05) is 51.1 Å². The third-order valence-corrected chi connectivity index (χ3v) is 5.38. The summed E-state index contributed by atoms with van der Waals surface area (Å²) >= 11 is 1.40. The molecule has 2 heterocycles. The SMILES string of the molecule is Cc1ccc(CC(=O)C(C#N)c2nc3sc(C)c(C)c3c(=O)[nH]2)cc1. The summed E-state index contributed by atoms with van der Waals surface area (Å²) in [6.45, 7) is 5.76. The number of Topliss-reactive ketones (excluding diaryl/α,β-unsaturated/α-hetero) is 1. The van der Waals surface area contributed by atoms with Crippen LogP contribution in [-0.2, 0) is 11.2 Å². The van der Waals surface area contributed by atoms with Crippen molar-refractivity contribution in [3.63, 3.8) is 0 Å². The van der Waals surface area contributed by atoms with Gasteiger partial charge in [0.25, 0.3) is 5.56 Å². The Bertz CT molecular complexity index is 1060. The fourth-order valence-electron chi connectivity index (χ4n) is 2.70. The number of carbonyl (C=O) groups excluding carboxylic acids is 1. The maximum absolute atomic E-state index is 12.6. The highest BCUT2D eigenvalue weighted by Gasteiger charge is 2.24. The van der Waals surface area contributed by atoms with Crippen LogP contribution in [0, 0.1) is 32.1 Å². The second-order valence-corrected chi connectivity index (χ2v) is 7.31. The largest absolute Gasteiger partial charge is 0.308 e. The van der Waals surface area contributed by atoms with E-state index in [0.29, 0.717) is 10.2 Å². The number of thiophene rings is 1. The lowest BCUT2D eigenvalue weighted by molar-refractivity contribution is -0.118. The Morgan fingerprint density at radius 1 is 1.28 bits per heavy atom. The van der Waals surface area contributed by atoms with Crippen molar-refractivity contribution in [3.8, 4) is 6.07 Å². The number of hydrogen-bond acceptors (Lipinski definition) is 5. The van der Waals surface area contributed by atoms with Crippen LogP contribution < -0.4 is 5.56 Å². The van der Waals surface area contributed by atoms with E-state index in [1.54, 1.807) is 0 Å². The van der Waals surface area contributed by atoms with Crippen LogP contribution in [0.3, 0.4) is 0 Å². The number of H-pyrrole nitrogens is 1. The van der Waals surface area contributed by atoms with Gasteiger partial charge in [0, 0.05) is 11.3 Å². The molecule has 0 saturated carbocycles. The number of nitriles is 1. The molecule has 2 aromatic heterocycles. The highest BCUT2D eigenvalue weighted by molar-refractivity contribution is 7.18. The first-order valence-corrected chi connectivity index (χ1v) is 8.70. The molecule has 0 spiro atoms. The number of carbonyl (C=O) groups is 1. The summed E-state index contributed by atoms with van der Waals surface area (Å²) in [5, 5.41) is 10.0. The van der Waals surface area contributed by atoms with Crippen LogP contribution in [0.2, 0.25) is 0 Å². The molecule has 0 radical (unpaired) electrons. The van der Waals surface area contributed by atoms with Crippen molar-refractivity contribution in [2.45, 2.75) is 33.1 Å². The van der Waals surface area contributed by atoms with E-state index in [-0.39, 0.29) is 23.6 Å². The molecule has 0 aliphatic rings. The van der Waals surface area contributed by atoms with Gasteiger partial charge in [-0.15, -0.1) is 11.3 Å². The zero-order chi connectivity index (χ0) is 18.1. The van der Waals surface area contributed by atoms with Gasteiger partial charge in [-0.05, 0) is 31.9 Å². The molecule has 1 unspecified atom stereocenters. The third-order valence-electron chi connectivity index (χ3n) is 4.28. The minimum absolute atomic E-state index is 0.123. The summed E-state index contributed by atoms with van der Waals surface area (Å²) in [7, 11) is 0. The average molecular weight is 351 g/mol. The minimum atomic E-state index is -1.08. The second kappa shape index (κ2) is 6.61. The Kier molecular flexibility index (Phi) is 4.51. The Labute approximate surface area is 149 Å². The zero-order valence-corrected chi connectivity index (χ0v) is 15.0. The Hall–Kier alpha value is -2.78. The van der Waals surface area contributed by atoms with Gasteiger partial charge in [0.1, 0.15) is 10.7 Å². The van der Waals surface area contributed by atoms with Crippen molar-refractivity contribution in [3.05, 3.63) is 62.0 Å². The maximum Gasteiger partial charge on any atom is 0.259 e. The molecule has 1 atom stereocenters. The molecule has 0 fully saturated rings. The van der Waals surface area contributed by atoms with Crippen molar-refractivity contribution in [1.82, 2.24) is 9.97 Å². The Morgan fingerprint density at radius 3 is 2.60 bits per heavy atom. The van der Waals surface area contributed by atoms with Gasteiger partial charge in [0.05, 0.1) is 11.5 Å². The summed E-state index contributed by atoms with van der Waals surface area (Å²) in [6, 6.07) is 9.57. The number of aromatic nitrogens is 2. The number of benzene rings is 1. The van der Waals surface area contributed by atoms with Gasteiger partial charge in [-0.25, -0.2) is 4.98 Å². The smallest absolute Gasteiger partial charge is 0.259 e. The average Bonchev–Trinajstić information content (AvgIpc) is 2.85. The van der Waals surface area contributed by atoms with Gasteiger partial charge in [-0.2, -0.15) is 5.26 Å². The van der Waals surface area contributed by atoms with Crippen LogP contribution in [0.1, 0.15) is 33.3 Å². The Morgan fingerprint density at radius 2 is 1.96 bits per heavy atom. The fourth-order valence-corrected chi connectivity index (χ4v) is 3.74. The molecule has 0 saturated heterocycles. The van der Waals surface area contributed by atoms with E-state index < -0.39 is 5.92 Å². The van der Waals surface area contributed by atoms with Crippen molar-refractivity contribution in [2.24, 2.45) is 0 Å². The lowest BCUT2D eigenvalue weighted by Gasteiger charge is -2.08. The van der Waals surface area contributed by atoms with Gasteiger partial charge in [0.15, 0.2) is 11.7 Å². The topological polar surface area (TPSA) is 86.6 Å². The Balaban J connectivity index is 1.96. The number of rotatable bonds is 4. The van der Waals surface area contributed by atoms with Crippen LogP contribution in [-0.4, -0.2) is 15.8 Å². The molecule has 3 aromatic rings. The van der Waals surface area contributed by atoms with Crippen molar-refractivity contribution in [1.29, 1.82) is 5.26 Å². The molecule has 3 rings (SSSR count). The lowest BCUT2D eigenvalue weighted by Crippen LogP contribution is -2.20. The molecule has 6 heteroatoms. The van der Waals surface area contributed by atoms with Gasteiger partial charge < -0.3 is 4.98 Å². The number of aromatic amines is 1. The number of hydrogen-bond donors (Lipinski definition) is 1. The minimum Gasteiger partial charge on any atom is -0.308 e. The van der Waals surface area contributed by atoms with E-state index in [9.17, 15) is 14.9 Å². The van der Waals surface area contributed by atoms with Gasteiger partial charge in [-0.1, -0.05) is 29.8 Å². The second-order valence-electron chi connectivity index (χ2n) is 6.11. The van der Waals surface area contributed by atoms with Crippen molar-refractivity contribution >= 4 is 27.3 Å². The predicted octanol–water partition coefficient (Wildman–Crippen LogP) is 3.33. The van der Waals surface area contributed by atoms with Crippen molar-refractivity contribution < 1.29 is 4.79 Å². The molecule has 0 aliphatic heterocycles. The highest BCUT2D eigenvalue weighted by Crippen LogP contribution is 2.27. The molecular weight excluding hydrogens is 334 g/mol. The van der Waals surface area contributed by atoms with E-state index in [2.05, 4.69) is 9.97 Å². The molecule has 25 heavy (non-hydrogen) atoms. The summed E-state index contributed by atoms with van der Waals surface area (Å²) in [5.74, 6) is -1.24. The summed E-state index contributed by atoms with van der Waals surface area (Å²) in [6.07, 6.45) is 0.128. The van der Waals surface area contributed by atoms with Crippen LogP contribution in [0.4, 0.5) is 0 Å². The third kappa shape index (κ3) is 3.24. The molecule has 126 valence electrons. The molecule has 5 nitrogen and oxygen atoms in total. The molecule has 0 amide bonds. The van der Waals surface area contributed by atoms with Crippen LogP contribution in [0.25, 0.3) is 10.2 Å². The first kappa shape index (κ1) is 17.1. The molecule has 1 N–H and O–H groups in total. The fraction of sp³-hybridized carbons (Fsp3) is 0.263. The van der Waals surface area contributed by atoms with Crippen LogP contribution in [0.5, 0.6) is 0 Å². The summed E-state index contributed by atoms with van der Waals surface area (Å²) in [4.78, 5) is 33.5. The number of ketones is 1. The predicted molar refractivity (Wildman–Crippen MR) is 98.0 cm³/mol. The zero-order valence-electron chi connectivity index (χ0n) is 14.2. The molecule has 0 bridgehead atoms. The van der Waals surface area contributed by atoms with Crippen LogP contribution in [0.15, 0.2) is 29.1 Å². The highest BCUT2D eigenvalue weighted by atomic mass is 32.1. The van der Waals surface area contributed by atoms with E-state index >= 15 is 0 Å². The quantitative estimate of drug-likeness (QED) is 0.781. The maximum atomic E-state index is 12.6. The first-order chi connectivity index (χ1) is 11.9. The lowest BCUT2D eigenvalue weighted by atomic mass is 9.97.